The third-order valence-corrected chi connectivity index (χ3v) is 5.04. The number of rotatable bonds is 8. The summed E-state index contributed by atoms with van der Waals surface area (Å²) in [6.45, 7) is 4.62. The van der Waals surface area contributed by atoms with Gasteiger partial charge in [-0.25, -0.2) is 0 Å². The van der Waals surface area contributed by atoms with Gasteiger partial charge in [-0.3, -0.25) is 9.79 Å². The largest absolute Gasteiger partial charge is 0.491 e. The number of guanidine groups is 1. The Kier molecular flexibility index (Phi) is 7.68. The van der Waals surface area contributed by atoms with Crippen molar-refractivity contribution >= 4 is 11.9 Å². The molecule has 3 rings (SSSR count). The van der Waals surface area contributed by atoms with Gasteiger partial charge >= 0.3 is 0 Å². The average molecular weight is 411 g/mol. The van der Waals surface area contributed by atoms with Gasteiger partial charge in [0.1, 0.15) is 12.4 Å². The minimum atomic E-state index is -0.428. The van der Waals surface area contributed by atoms with Crippen LogP contribution >= 0.6 is 0 Å². The number of amides is 1. The van der Waals surface area contributed by atoms with Crippen molar-refractivity contribution in [1.82, 2.24) is 10.6 Å². The third-order valence-electron chi connectivity index (χ3n) is 5.04. The highest BCUT2D eigenvalue weighted by Gasteiger charge is 2.17. The minimum absolute atomic E-state index is 0.182. The van der Waals surface area contributed by atoms with Crippen molar-refractivity contribution in [3.05, 3.63) is 64.7 Å². The van der Waals surface area contributed by atoms with E-state index in [1.54, 1.807) is 19.2 Å². The fourth-order valence-electron chi connectivity index (χ4n) is 3.27. The molecule has 1 saturated heterocycles. The van der Waals surface area contributed by atoms with E-state index in [4.69, 9.17) is 15.2 Å². The minimum Gasteiger partial charge on any atom is -0.491 e. The maximum Gasteiger partial charge on any atom is 0.248 e. The number of primary amides is 1. The molecule has 1 atom stereocenters. The molecule has 0 saturated carbocycles. The first kappa shape index (κ1) is 21.6. The molecule has 0 spiro atoms. The van der Waals surface area contributed by atoms with Crippen molar-refractivity contribution in [2.24, 2.45) is 10.7 Å². The molecule has 0 radical (unpaired) electrons. The normalized spacial score (nSPS) is 16.3. The highest BCUT2D eigenvalue weighted by atomic mass is 16.5. The lowest BCUT2D eigenvalue weighted by Gasteiger charge is -2.17. The Morgan fingerprint density at radius 1 is 1.20 bits per heavy atom. The van der Waals surface area contributed by atoms with Gasteiger partial charge in [0.2, 0.25) is 5.91 Å². The van der Waals surface area contributed by atoms with E-state index in [9.17, 15) is 4.79 Å². The summed E-state index contributed by atoms with van der Waals surface area (Å²) in [4.78, 5) is 15.5. The second-order valence-corrected chi connectivity index (χ2v) is 7.40. The number of nitrogens with zero attached hydrogens (tertiary/aromatic N) is 1. The van der Waals surface area contributed by atoms with E-state index in [0.717, 1.165) is 41.9 Å². The molecule has 1 unspecified atom stereocenters. The second kappa shape index (κ2) is 10.6. The lowest BCUT2D eigenvalue weighted by molar-refractivity contribution is 0.0676. The SMILES string of the molecule is CN=C(NCc1ccc(C(N)=O)cc1)NCc1ccc(C)cc1OCC1CCCO1. The number of carbonyl (C=O) groups excluding carboxylic acids is 1. The molecule has 2 aromatic carbocycles. The molecule has 7 heteroatoms. The maximum absolute atomic E-state index is 11.2. The molecule has 0 aromatic heterocycles. The Hall–Kier alpha value is -3.06. The Balaban J connectivity index is 1.54. The summed E-state index contributed by atoms with van der Waals surface area (Å²) in [5, 5.41) is 6.60. The highest BCUT2D eigenvalue weighted by molar-refractivity contribution is 5.92. The molecule has 1 aliphatic rings. The Morgan fingerprint density at radius 2 is 1.97 bits per heavy atom. The van der Waals surface area contributed by atoms with Crippen LogP contribution in [0.3, 0.4) is 0 Å². The fraction of sp³-hybridized carbons (Fsp3) is 0.391. The lowest BCUT2D eigenvalue weighted by atomic mass is 10.1. The third kappa shape index (κ3) is 6.22. The first-order valence-electron chi connectivity index (χ1n) is 10.2. The van der Waals surface area contributed by atoms with E-state index in [1.165, 1.54) is 0 Å². The summed E-state index contributed by atoms with van der Waals surface area (Å²) < 4.78 is 11.7. The number of carbonyl (C=O) groups is 1. The molecule has 1 amide bonds. The van der Waals surface area contributed by atoms with Crippen LogP contribution in [0.4, 0.5) is 0 Å². The van der Waals surface area contributed by atoms with Crippen molar-refractivity contribution < 1.29 is 14.3 Å². The van der Waals surface area contributed by atoms with Gasteiger partial charge in [0.05, 0.1) is 6.10 Å². The topological polar surface area (TPSA) is 98.0 Å². The van der Waals surface area contributed by atoms with E-state index in [1.807, 2.05) is 12.1 Å². The number of aliphatic imine (C=N–C) groups is 1. The zero-order valence-corrected chi connectivity index (χ0v) is 17.6. The van der Waals surface area contributed by atoms with Gasteiger partial charge in [0, 0.05) is 37.9 Å². The molecule has 2 aromatic rings. The molecule has 0 aliphatic carbocycles. The summed E-state index contributed by atoms with van der Waals surface area (Å²) in [7, 11) is 1.73. The molecule has 0 bridgehead atoms. The van der Waals surface area contributed by atoms with Crippen molar-refractivity contribution in [1.29, 1.82) is 0 Å². The average Bonchev–Trinajstić information content (AvgIpc) is 3.27. The number of nitrogens with two attached hydrogens (primary N) is 1. The highest BCUT2D eigenvalue weighted by Crippen LogP contribution is 2.22. The molecule has 1 heterocycles. The van der Waals surface area contributed by atoms with Crippen molar-refractivity contribution in [2.75, 3.05) is 20.3 Å². The van der Waals surface area contributed by atoms with Gasteiger partial charge in [-0.15, -0.1) is 0 Å². The zero-order chi connectivity index (χ0) is 21.3. The van der Waals surface area contributed by atoms with Crippen molar-refractivity contribution in [3.8, 4) is 5.75 Å². The maximum atomic E-state index is 11.2. The van der Waals surface area contributed by atoms with Gasteiger partial charge in [0.25, 0.3) is 0 Å². The molecule has 160 valence electrons. The number of hydrogen-bond acceptors (Lipinski definition) is 4. The molecular formula is C23H30N4O3. The summed E-state index contributed by atoms with van der Waals surface area (Å²) >= 11 is 0. The van der Waals surface area contributed by atoms with Crippen LogP contribution in [0.1, 0.15) is 39.9 Å². The van der Waals surface area contributed by atoms with Crippen LogP contribution in [0.5, 0.6) is 5.75 Å². The van der Waals surface area contributed by atoms with Crippen LogP contribution in [-0.2, 0) is 17.8 Å². The first-order chi connectivity index (χ1) is 14.5. The summed E-state index contributed by atoms with van der Waals surface area (Å²) in [5.41, 5.74) is 9.02. The first-order valence-corrected chi connectivity index (χ1v) is 10.2. The van der Waals surface area contributed by atoms with E-state index in [2.05, 4.69) is 40.7 Å². The monoisotopic (exact) mass is 410 g/mol. The van der Waals surface area contributed by atoms with E-state index >= 15 is 0 Å². The van der Waals surface area contributed by atoms with E-state index < -0.39 is 5.91 Å². The fourth-order valence-corrected chi connectivity index (χ4v) is 3.27. The standard InChI is InChI=1S/C23H30N4O3/c1-16-5-8-19(21(12-16)30-15-20-4-3-11-29-20)14-27-23(25-2)26-13-17-6-9-18(10-7-17)22(24)28/h5-10,12,20H,3-4,11,13-15H2,1-2H3,(H2,24,28)(H2,25,26,27). The second-order valence-electron chi connectivity index (χ2n) is 7.40. The molecule has 7 nitrogen and oxygen atoms in total. The Morgan fingerprint density at radius 3 is 2.63 bits per heavy atom. The van der Waals surface area contributed by atoms with Gasteiger partial charge in [0.15, 0.2) is 5.96 Å². The van der Waals surface area contributed by atoms with Gasteiger partial charge in [-0.2, -0.15) is 0 Å². The van der Waals surface area contributed by atoms with Crippen LogP contribution in [0.2, 0.25) is 0 Å². The molecule has 1 fully saturated rings. The lowest BCUT2D eigenvalue weighted by Crippen LogP contribution is -2.36. The summed E-state index contributed by atoms with van der Waals surface area (Å²) in [6.07, 6.45) is 2.33. The number of ether oxygens (including phenoxy) is 2. The van der Waals surface area contributed by atoms with Crippen LogP contribution in [0.15, 0.2) is 47.5 Å². The van der Waals surface area contributed by atoms with Crippen LogP contribution in [0, 0.1) is 6.92 Å². The zero-order valence-electron chi connectivity index (χ0n) is 17.6. The van der Waals surface area contributed by atoms with Gasteiger partial charge in [-0.05, 0) is 49.1 Å². The molecule has 4 N–H and O–H groups in total. The van der Waals surface area contributed by atoms with Crippen LogP contribution in [-0.4, -0.2) is 38.2 Å². The van der Waals surface area contributed by atoms with Crippen molar-refractivity contribution in [3.63, 3.8) is 0 Å². The quantitative estimate of drug-likeness (QED) is 0.459. The van der Waals surface area contributed by atoms with Gasteiger partial charge in [-0.1, -0.05) is 24.3 Å². The van der Waals surface area contributed by atoms with Crippen LogP contribution < -0.4 is 21.1 Å². The number of nitrogens with one attached hydrogen (secondary N) is 2. The summed E-state index contributed by atoms with van der Waals surface area (Å²) in [6, 6.07) is 13.4. The number of benzene rings is 2. The number of aryl methyl sites for hydroxylation is 1. The summed E-state index contributed by atoms with van der Waals surface area (Å²) in [5.74, 6) is 1.12. The van der Waals surface area contributed by atoms with E-state index in [-0.39, 0.29) is 6.10 Å². The Bertz CT molecular complexity index is 875. The Labute approximate surface area is 177 Å². The molecule has 30 heavy (non-hydrogen) atoms. The van der Waals surface area contributed by atoms with E-state index in [0.29, 0.717) is 31.2 Å². The van der Waals surface area contributed by atoms with Crippen molar-refractivity contribution in [2.45, 2.75) is 39.0 Å². The predicted molar refractivity (Wildman–Crippen MR) is 118 cm³/mol. The molecule has 1 aliphatic heterocycles. The smallest absolute Gasteiger partial charge is 0.248 e. The van der Waals surface area contributed by atoms with Crippen LogP contribution in [0.25, 0.3) is 0 Å². The number of hydrogen-bond donors (Lipinski definition) is 3. The van der Waals surface area contributed by atoms with Gasteiger partial charge < -0.3 is 25.8 Å². The predicted octanol–water partition coefficient (Wildman–Crippen LogP) is 2.52. The molecular weight excluding hydrogens is 380 g/mol.